The molecule has 1 nitrogen and oxygen atoms in total. The molecular weight excluding hydrogens is 277 g/mol. The zero-order valence-electron chi connectivity index (χ0n) is 11.8. The summed E-state index contributed by atoms with van der Waals surface area (Å²) in [5.41, 5.74) is 1.24. The highest BCUT2D eigenvalue weighted by atomic mass is 35.5. The molecule has 1 saturated carbocycles. The third kappa shape index (κ3) is 4.11. The Balaban J connectivity index is 1.93. The van der Waals surface area contributed by atoms with E-state index in [0.717, 1.165) is 24.8 Å². The number of hydrogen-bond acceptors (Lipinski definition) is 1. The van der Waals surface area contributed by atoms with Crippen molar-refractivity contribution in [2.45, 2.75) is 45.6 Å². The number of rotatable bonds is 5. The molecule has 1 N–H and O–H groups in total. The molecule has 0 heterocycles. The van der Waals surface area contributed by atoms with Gasteiger partial charge in [-0.15, -0.1) is 0 Å². The lowest BCUT2D eigenvalue weighted by Crippen LogP contribution is -2.26. The Morgan fingerprint density at radius 2 is 2.05 bits per heavy atom. The Kier molecular flexibility index (Phi) is 5.56. The molecule has 0 aliphatic heterocycles. The van der Waals surface area contributed by atoms with E-state index < -0.39 is 0 Å². The summed E-state index contributed by atoms with van der Waals surface area (Å²) in [5.74, 6) is 1.74. The van der Waals surface area contributed by atoms with Crippen molar-refractivity contribution in [1.82, 2.24) is 5.32 Å². The first-order valence-corrected chi connectivity index (χ1v) is 8.04. The molecule has 0 bridgehead atoms. The van der Waals surface area contributed by atoms with Crippen molar-refractivity contribution < 1.29 is 0 Å². The average Bonchev–Trinajstić information content (AvgIpc) is 2.80. The second kappa shape index (κ2) is 6.97. The van der Waals surface area contributed by atoms with Crippen molar-refractivity contribution in [2.75, 3.05) is 6.54 Å². The van der Waals surface area contributed by atoms with Gasteiger partial charge in [0.25, 0.3) is 0 Å². The summed E-state index contributed by atoms with van der Waals surface area (Å²) in [5, 5.41) is 4.97. The van der Waals surface area contributed by atoms with Crippen LogP contribution < -0.4 is 5.32 Å². The highest BCUT2D eigenvalue weighted by Gasteiger charge is 2.22. The highest BCUT2D eigenvalue weighted by Crippen LogP contribution is 2.31. The van der Waals surface area contributed by atoms with Crippen molar-refractivity contribution in [2.24, 2.45) is 11.8 Å². The molecule has 3 atom stereocenters. The summed E-state index contributed by atoms with van der Waals surface area (Å²) in [6.07, 6.45) is 5.19. The average molecular weight is 300 g/mol. The van der Waals surface area contributed by atoms with Gasteiger partial charge in [-0.05, 0) is 55.3 Å². The summed E-state index contributed by atoms with van der Waals surface area (Å²) in [6.45, 7) is 5.68. The quantitative estimate of drug-likeness (QED) is 0.760. The number of hydrogen-bond donors (Lipinski definition) is 1. The van der Waals surface area contributed by atoms with Gasteiger partial charge in [0.15, 0.2) is 0 Å². The molecule has 106 valence electrons. The molecule has 0 aromatic heterocycles. The molecular formula is C16H23Cl2N. The molecule has 3 unspecified atom stereocenters. The SMILES string of the molecule is CCC(NCC1CCC(C)C1)c1ccc(Cl)c(Cl)c1. The maximum atomic E-state index is 6.10. The van der Waals surface area contributed by atoms with Crippen LogP contribution in [0.4, 0.5) is 0 Å². The molecule has 1 aliphatic carbocycles. The number of benzene rings is 1. The standard InChI is InChI=1S/C16H23Cl2N/c1-3-16(13-6-7-14(17)15(18)9-13)19-10-12-5-4-11(2)8-12/h6-7,9,11-12,16,19H,3-5,8,10H2,1-2H3. The molecule has 1 fully saturated rings. The summed E-state index contributed by atoms with van der Waals surface area (Å²) in [6, 6.07) is 6.33. The van der Waals surface area contributed by atoms with Gasteiger partial charge in [0.05, 0.1) is 10.0 Å². The predicted octanol–water partition coefficient (Wildman–Crippen LogP) is 5.47. The molecule has 3 heteroatoms. The zero-order valence-corrected chi connectivity index (χ0v) is 13.3. The summed E-state index contributed by atoms with van der Waals surface area (Å²) in [7, 11) is 0. The van der Waals surface area contributed by atoms with E-state index in [-0.39, 0.29) is 0 Å². The first-order chi connectivity index (χ1) is 9.10. The van der Waals surface area contributed by atoms with Crippen LogP contribution in [-0.2, 0) is 0 Å². The van der Waals surface area contributed by atoms with Crippen LogP contribution in [0.3, 0.4) is 0 Å². The molecule has 0 amide bonds. The lowest BCUT2D eigenvalue weighted by molar-refractivity contribution is 0.421. The Bertz CT molecular complexity index is 419. The molecule has 0 saturated heterocycles. The van der Waals surface area contributed by atoms with Gasteiger partial charge in [0.1, 0.15) is 0 Å². The van der Waals surface area contributed by atoms with E-state index in [4.69, 9.17) is 23.2 Å². The molecule has 2 rings (SSSR count). The molecule has 1 aromatic rings. The van der Waals surface area contributed by atoms with E-state index in [1.54, 1.807) is 0 Å². The van der Waals surface area contributed by atoms with Crippen molar-refractivity contribution in [3.63, 3.8) is 0 Å². The van der Waals surface area contributed by atoms with Gasteiger partial charge < -0.3 is 5.32 Å². The van der Waals surface area contributed by atoms with Crippen LogP contribution in [-0.4, -0.2) is 6.54 Å². The van der Waals surface area contributed by atoms with E-state index in [0.29, 0.717) is 16.1 Å². The van der Waals surface area contributed by atoms with E-state index in [1.807, 2.05) is 12.1 Å². The second-order valence-electron chi connectivity index (χ2n) is 5.83. The minimum Gasteiger partial charge on any atom is -0.310 e. The minimum absolute atomic E-state index is 0.380. The molecule has 19 heavy (non-hydrogen) atoms. The van der Waals surface area contributed by atoms with Gasteiger partial charge in [-0.3, -0.25) is 0 Å². The van der Waals surface area contributed by atoms with Gasteiger partial charge in [-0.25, -0.2) is 0 Å². The van der Waals surface area contributed by atoms with E-state index >= 15 is 0 Å². The van der Waals surface area contributed by atoms with Crippen molar-refractivity contribution in [1.29, 1.82) is 0 Å². The van der Waals surface area contributed by atoms with E-state index in [2.05, 4.69) is 25.2 Å². The van der Waals surface area contributed by atoms with Gasteiger partial charge in [-0.2, -0.15) is 0 Å². The highest BCUT2D eigenvalue weighted by molar-refractivity contribution is 6.42. The van der Waals surface area contributed by atoms with E-state index in [1.165, 1.54) is 24.8 Å². The summed E-state index contributed by atoms with van der Waals surface area (Å²) >= 11 is 12.1. The van der Waals surface area contributed by atoms with Crippen LogP contribution in [0.2, 0.25) is 10.0 Å². The second-order valence-corrected chi connectivity index (χ2v) is 6.64. The Labute approximate surface area is 126 Å². The number of halogens is 2. The predicted molar refractivity (Wildman–Crippen MR) is 84.0 cm³/mol. The fourth-order valence-electron chi connectivity index (χ4n) is 3.05. The minimum atomic E-state index is 0.380. The topological polar surface area (TPSA) is 12.0 Å². The van der Waals surface area contributed by atoms with Gasteiger partial charge in [0, 0.05) is 6.04 Å². The zero-order chi connectivity index (χ0) is 13.8. The fourth-order valence-corrected chi connectivity index (χ4v) is 3.35. The normalized spacial score (nSPS) is 24.6. The Hall–Kier alpha value is -0.240. The van der Waals surface area contributed by atoms with Gasteiger partial charge in [-0.1, -0.05) is 49.5 Å². The van der Waals surface area contributed by atoms with Crippen molar-refractivity contribution >= 4 is 23.2 Å². The lowest BCUT2D eigenvalue weighted by atomic mass is 10.0. The van der Waals surface area contributed by atoms with Crippen LogP contribution in [0.15, 0.2) is 18.2 Å². The molecule has 0 radical (unpaired) electrons. The Morgan fingerprint density at radius 3 is 2.63 bits per heavy atom. The monoisotopic (exact) mass is 299 g/mol. The maximum Gasteiger partial charge on any atom is 0.0595 e. The van der Waals surface area contributed by atoms with Crippen molar-refractivity contribution in [3.8, 4) is 0 Å². The van der Waals surface area contributed by atoms with Gasteiger partial charge in [0.2, 0.25) is 0 Å². The third-order valence-electron chi connectivity index (χ3n) is 4.21. The smallest absolute Gasteiger partial charge is 0.0595 e. The molecule has 1 aromatic carbocycles. The lowest BCUT2D eigenvalue weighted by Gasteiger charge is -2.20. The van der Waals surface area contributed by atoms with Crippen LogP contribution in [0.5, 0.6) is 0 Å². The van der Waals surface area contributed by atoms with Crippen LogP contribution in [0.1, 0.15) is 51.1 Å². The summed E-state index contributed by atoms with van der Waals surface area (Å²) in [4.78, 5) is 0. The first-order valence-electron chi connectivity index (χ1n) is 7.28. The van der Waals surface area contributed by atoms with Crippen LogP contribution in [0, 0.1) is 11.8 Å². The maximum absolute atomic E-state index is 6.10. The largest absolute Gasteiger partial charge is 0.310 e. The van der Waals surface area contributed by atoms with Crippen molar-refractivity contribution in [3.05, 3.63) is 33.8 Å². The number of nitrogens with one attached hydrogen (secondary N) is 1. The van der Waals surface area contributed by atoms with E-state index in [9.17, 15) is 0 Å². The third-order valence-corrected chi connectivity index (χ3v) is 4.95. The van der Waals surface area contributed by atoms with Gasteiger partial charge >= 0.3 is 0 Å². The molecule has 1 aliphatic rings. The first kappa shape index (κ1) is 15.2. The van der Waals surface area contributed by atoms with Crippen LogP contribution >= 0.6 is 23.2 Å². The Morgan fingerprint density at radius 1 is 1.26 bits per heavy atom. The van der Waals surface area contributed by atoms with Crippen LogP contribution in [0.25, 0.3) is 0 Å². The summed E-state index contributed by atoms with van der Waals surface area (Å²) < 4.78 is 0. The fraction of sp³-hybridized carbons (Fsp3) is 0.625. The molecule has 0 spiro atoms.